The highest BCUT2D eigenvalue weighted by atomic mass is 32.2. The Balaban J connectivity index is 1.90. The van der Waals surface area contributed by atoms with Gasteiger partial charge in [-0.3, -0.25) is 9.89 Å². The third-order valence-corrected chi connectivity index (χ3v) is 5.70. The molecule has 0 aliphatic carbocycles. The number of aliphatic imine (C=N–C) groups is 1. The lowest BCUT2D eigenvalue weighted by atomic mass is 10.0. The Morgan fingerprint density at radius 2 is 2.00 bits per heavy atom. The second-order valence-corrected chi connectivity index (χ2v) is 7.93. The molecule has 26 heavy (non-hydrogen) atoms. The lowest BCUT2D eigenvalue weighted by Gasteiger charge is -2.37. The number of hydrogen-bond acceptors (Lipinski definition) is 4. The number of rotatable bonds is 7. The molecular weight excluding hydrogens is 344 g/mol. The van der Waals surface area contributed by atoms with Crippen LogP contribution in [0.2, 0.25) is 0 Å². The first-order valence-electron chi connectivity index (χ1n) is 9.45. The van der Waals surface area contributed by atoms with Crippen LogP contribution in [-0.4, -0.2) is 63.1 Å². The van der Waals surface area contributed by atoms with Gasteiger partial charge in [0.2, 0.25) is 0 Å². The minimum atomic E-state index is 0.485. The molecule has 1 atom stereocenters. The summed E-state index contributed by atoms with van der Waals surface area (Å²) in [5.74, 6) is 1.44. The number of morpholine rings is 1. The molecule has 1 aliphatic heterocycles. The number of guanidine groups is 1. The van der Waals surface area contributed by atoms with Gasteiger partial charge in [-0.15, -0.1) is 11.8 Å². The van der Waals surface area contributed by atoms with Gasteiger partial charge in [0.15, 0.2) is 5.96 Å². The van der Waals surface area contributed by atoms with Gasteiger partial charge >= 0.3 is 0 Å². The van der Waals surface area contributed by atoms with Crippen molar-refractivity contribution in [3.63, 3.8) is 0 Å². The van der Waals surface area contributed by atoms with Gasteiger partial charge in [-0.25, -0.2) is 0 Å². The number of hydrogen-bond donors (Lipinski definition) is 2. The van der Waals surface area contributed by atoms with Crippen LogP contribution in [0.5, 0.6) is 0 Å². The quantitative estimate of drug-likeness (QED) is 0.434. The van der Waals surface area contributed by atoms with Gasteiger partial charge in [-0.1, -0.05) is 26.0 Å². The first-order valence-corrected chi connectivity index (χ1v) is 10.7. The number of benzene rings is 1. The van der Waals surface area contributed by atoms with Crippen molar-refractivity contribution in [2.45, 2.75) is 38.3 Å². The smallest absolute Gasteiger partial charge is 0.191 e. The Kier molecular flexibility index (Phi) is 8.75. The summed E-state index contributed by atoms with van der Waals surface area (Å²) in [4.78, 5) is 8.25. The average molecular weight is 379 g/mol. The van der Waals surface area contributed by atoms with Crippen LogP contribution in [0.25, 0.3) is 0 Å². The Hall–Kier alpha value is -1.24. The van der Waals surface area contributed by atoms with Gasteiger partial charge in [-0.05, 0) is 36.3 Å². The van der Waals surface area contributed by atoms with Crippen molar-refractivity contribution in [3.8, 4) is 0 Å². The van der Waals surface area contributed by atoms with E-state index >= 15 is 0 Å². The molecule has 5 nitrogen and oxygen atoms in total. The van der Waals surface area contributed by atoms with E-state index in [1.807, 2.05) is 7.05 Å². The monoisotopic (exact) mass is 378 g/mol. The van der Waals surface area contributed by atoms with Gasteiger partial charge < -0.3 is 15.4 Å². The molecule has 1 heterocycles. The molecule has 146 valence electrons. The molecule has 1 unspecified atom stereocenters. The largest absolute Gasteiger partial charge is 0.379 e. The topological polar surface area (TPSA) is 48.9 Å². The van der Waals surface area contributed by atoms with E-state index in [0.717, 1.165) is 45.4 Å². The fraction of sp³-hybridized carbons (Fsp3) is 0.650. The summed E-state index contributed by atoms with van der Waals surface area (Å²) in [6.07, 6.45) is 2.13. The maximum absolute atomic E-state index is 5.49. The third-order valence-electron chi connectivity index (χ3n) is 4.88. The summed E-state index contributed by atoms with van der Waals surface area (Å²) >= 11 is 1.79. The number of thioether (sulfide) groups is 1. The Morgan fingerprint density at radius 3 is 2.62 bits per heavy atom. The lowest BCUT2D eigenvalue weighted by Crippen LogP contribution is -2.52. The molecule has 2 rings (SSSR count). The summed E-state index contributed by atoms with van der Waals surface area (Å²) in [7, 11) is 1.83. The molecule has 0 bridgehead atoms. The van der Waals surface area contributed by atoms with Crippen LogP contribution >= 0.6 is 11.8 Å². The minimum absolute atomic E-state index is 0.485. The fourth-order valence-electron chi connectivity index (χ4n) is 3.29. The molecular formula is C20H34N4OS. The van der Waals surface area contributed by atoms with E-state index in [0.29, 0.717) is 12.0 Å². The summed E-state index contributed by atoms with van der Waals surface area (Å²) < 4.78 is 5.49. The second-order valence-electron chi connectivity index (χ2n) is 7.08. The second kappa shape index (κ2) is 10.8. The molecule has 1 saturated heterocycles. The predicted octanol–water partition coefficient (Wildman–Crippen LogP) is 2.74. The van der Waals surface area contributed by atoms with Gasteiger partial charge in [0.25, 0.3) is 0 Å². The normalized spacial score (nSPS) is 17.4. The third kappa shape index (κ3) is 6.18. The Bertz CT molecular complexity index is 585. The maximum Gasteiger partial charge on any atom is 0.191 e. The van der Waals surface area contributed by atoms with E-state index in [1.165, 1.54) is 16.0 Å². The van der Waals surface area contributed by atoms with Gasteiger partial charge in [0.1, 0.15) is 0 Å². The Morgan fingerprint density at radius 1 is 1.27 bits per heavy atom. The van der Waals surface area contributed by atoms with E-state index in [4.69, 9.17) is 4.74 Å². The molecule has 1 aliphatic rings. The van der Waals surface area contributed by atoms with E-state index < -0.39 is 0 Å². The van der Waals surface area contributed by atoms with E-state index in [-0.39, 0.29) is 0 Å². The average Bonchev–Trinajstić information content (AvgIpc) is 2.65. The zero-order chi connectivity index (χ0) is 18.9. The molecule has 6 heteroatoms. The van der Waals surface area contributed by atoms with Crippen molar-refractivity contribution in [1.29, 1.82) is 0 Å². The number of nitrogens with one attached hydrogen (secondary N) is 2. The molecule has 1 aromatic rings. The van der Waals surface area contributed by atoms with Crippen molar-refractivity contribution >= 4 is 17.7 Å². The van der Waals surface area contributed by atoms with Crippen LogP contribution in [0.1, 0.15) is 25.0 Å². The van der Waals surface area contributed by atoms with Gasteiger partial charge in [0, 0.05) is 44.2 Å². The SMILES string of the molecule is CN=C(NCc1ccc(C)cc1SC)NCC(C(C)C)N1CCOCC1. The highest BCUT2D eigenvalue weighted by Gasteiger charge is 2.23. The van der Waals surface area contributed by atoms with E-state index in [1.54, 1.807) is 11.8 Å². The summed E-state index contributed by atoms with van der Waals surface area (Å²) in [5.41, 5.74) is 2.60. The summed E-state index contributed by atoms with van der Waals surface area (Å²) in [6.45, 7) is 12.1. The van der Waals surface area contributed by atoms with Crippen LogP contribution in [0.3, 0.4) is 0 Å². The van der Waals surface area contributed by atoms with Crippen molar-refractivity contribution in [1.82, 2.24) is 15.5 Å². The van der Waals surface area contributed by atoms with Crippen LogP contribution in [0.15, 0.2) is 28.1 Å². The molecule has 0 saturated carbocycles. The predicted molar refractivity (Wildman–Crippen MR) is 112 cm³/mol. The lowest BCUT2D eigenvalue weighted by molar-refractivity contribution is 0.00752. The van der Waals surface area contributed by atoms with Crippen LogP contribution < -0.4 is 10.6 Å². The fourth-order valence-corrected chi connectivity index (χ4v) is 4.00. The van der Waals surface area contributed by atoms with Crippen LogP contribution in [-0.2, 0) is 11.3 Å². The van der Waals surface area contributed by atoms with Crippen LogP contribution in [0.4, 0.5) is 0 Å². The van der Waals surface area contributed by atoms with Crippen molar-refractivity contribution in [2.24, 2.45) is 10.9 Å². The van der Waals surface area contributed by atoms with E-state index in [9.17, 15) is 0 Å². The number of ether oxygens (including phenoxy) is 1. The minimum Gasteiger partial charge on any atom is -0.379 e. The maximum atomic E-state index is 5.49. The molecule has 0 spiro atoms. The molecule has 1 fully saturated rings. The number of nitrogens with zero attached hydrogens (tertiary/aromatic N) is 2. The summed E-state index contributed by atoms with van der Waals surface area (Å²) in [5, 5.41) is 6.98. The van der Waals surface area contributed by atoms with Crippen molar-refractivity contribution < 1.29 is 4.74 Å². The molecule has 2 N–H and O–H groups in total. The van der Waals surface area contributed by atoms with Crippen LogP contribution in [0, 0.1) is 12.8 Å². The highest BCUT2D eigenvalue weighted by molar-refractivity contribution is 7.98. The zero-order valence-corrected chi connectivity index (χ0v) is 17.7. The van der Waals surface area contributed by atoms with Gasteiger partial charge in [-0.2, -0.15) is 0 Å². The van der Waals surface area contributed by atoms with Gasteiger partial charge in [0.05, 0.1) is 13.2 Å². The first-order chi connectivity index (χ1) is 12.5. The molecule has 0 aromatic heterocycles. The van der Waals surface area contributed by atoms with E-state index in [2.05, 4.69) is 65.8 Å². The Labute approximate surface area is 163 Å². The molecule has 0 radical (unpaired) electrons. The zero-order valence-electron chi connectivity index (χ0n) is 16.8. The summed E-state index contributed by atoms with van der Waals surface area (Å²) in [6, 6.07) is 7.09. The van der Waals surface area contributed by atoms with Crippen molar-refractivity contribution in [2.75, 3.05) is 46.2 Å². The first kappa shape index (κ1) is 21.1. The standard InChI is InChI=1S/C20H34N4OS/c1-15(2)18(24-8-10-25-11-9-24)14-23-20(21-4)22-13-17-7-6-16(3)12-19(17)26-5/h6-7,12,15,18H,8-11,13-14H2,1-5H3,(H2,21,22,23). The molecule has 1 aromatic carbocycles. The number of aryl methyl sites for hydroxylation is 1. The van der Waals surface area contributed by atoms with Crippen molar-refractivity contribution in [3.05, 3.63) is 29.3 Å². The highest BCUT2D eigenvalue weighted by Crippen LogP contribution is 2.21. The molecule has 0 amide bonds.